The van der Waals surface area contributed by atoms with Crippen molar-refractivity contribution < 1.29 is 19.4 Å². The van der Waals surface area contributed by atoms with E-state index < -0.39 is 5.97 Å². The van der Waals surface area contributed by atoms with Gasteiger partial charge in [0.25, 0.3) is 0 Å². The summed E-state index contributed by atoms with van der Waals surface area (Å²) in [6.45, 7) is 0. The first-order valence-corrected chi connectivity index (χ1v) is 2.26. The normalized spacial score (nSPS) is 6.56. The molecule has 0 aromatic rings. The minimum absolute atomic E-state index is 0.142. The Bertz CT molecular complexity index is 79.0. The van der Waals surface area contributed by atoms with Crippen LogP contribution in [0.15, 0.2) is 0 Å². The van der Waals surface area contributed by atoms with Gasteiger partial charge in [-0.05, 0) is 0 Å². The van der Waals surface area contributed by atoms with Gasteiger partial charge in [0.1, 0.15) is 12.7 Å². The van der Waals surface area contributed by atoms with Crippen molar-refractivity contribution in [2.75, 3.05) is 14.2 Å². The molecule has 0 heterocycles. The summed E-state index contributed by atoms with van der Waals surface area (Å²) < 4.78 is 4.12. The van der Waals surface area contributed by atoms with Crippen molar-refractivity contribution in [3.63, 3.8) is 0 Å². The molecule has 0 amide bonds. The average Bonchev–Trinajstić information content (AvgIpc) is 1.93. The predicted molar refractivity (Wildman–Crippen MR) is 30.8 cm³/mol. The molecule has 0 aromatic carbocycles. The number of aliphatic hydroxyl groups excluding tert-OH is 1. The Morgan fingerprint density at radius 3 is 2.22 bits per heavy atom. The van der Waals surface area contributed by atoms with Gasteiger partial charge in [0.05, 0.1) is 7.11 Å². The summed E-state index contributed by atoms with van der Waals surface area (Å²) in [7, 11) is 2.24. The molecule has 0 atom stereocenters. The largest absolute Gasteiger partial charge is 0.469 e. The van der Waals surface area contributed by atoms with Crippen LogP contribution >= 0.6 is 0 Å². The lowest BCUT2D eigenvalue weighted by molar-refractivity contribution is -0.141. The lowest BCUT2D eigenvalue weighted by Crippen LogP contribution is -1.99. The van der Waals surface area contributed by atoms with Crippen LogP contribution in [0.4, 0.5) is 0 Å². The molecule has 0 rings (SSSR count). The Kier molecular flexibility index (Phi) is 12.4. The van der Waals surface area contributed by atoms with Crippen LogP contribution < -0.4 is 0 Å². The third-order valence-electron chi connectivity index (χ3n) is 0.478. The van der Waals surface area contributed by atoms with Gasteiger partial charge in [0, 0.05) is 7.11 Å². The predicted octanol–water partition coefficient (Wildman–Crippen LogP) is -0.643. The summed E-state index contributed by atoms with van der Waals surface area (Å²) in [4.78, 5) is 19.4. The quantitative estimate of drug-likeness (QED) is 0.310. The first-order valence-electron chi connectivity index (χ1n) is 2.26. The van der Waals surface area contributed by atoms with Gasteiger partial charge in [-0.25, -0.2) is 0 Å². The maximum Gasteiger partial charge on any atom is 0.312 e. The van der Waals surface area contributed by atoms with Crippen molar-refractivity contribution in [2.24, 2.45) is 0 Å². The first-order chi connectivity index (χ1) is 4.31. The smallest absolute Gasteiger partial charge is 0.312 e. The molecule has 1 N–H and O–H groups in total. The molecule has 0 aliphatic rings. The van der Waals surface area contributed by atoms with Crippen molar-refractivity contribution in [3.05, 3.63) is 0 Å². The number of esters is 1. The van der Waals surface area contributed by atoms with Gasteiger partial charge >= 0.3 is 5.97 Å². The highest BCUT2D eigenvalue weighted by Crippen LogP contribution is 1.74. The van der Waals surface area contributed by atoms with Crippen molar-refractivity contribution in [1.82, 2.24) is 0 Å². The fourth-order valence-electron chi connectivity index (χ4n) is 0.151. The van der Waals surface area contributed by atoms with Gasteiger partial charge in [0.15, 0.2) is 0 Å². The van der Waals surface area contributed by atoms with Gasteiger partial charge in [-0.2, -0.15) is 0 Å². The fourth-order valence-corrected chi connectivity index (χ4v) is 0.151. The molecule has 0 aliphatic heterocycles. The van der Waals surface area contributed by atoms with E-state index in [1.807, 2.05) is 0 Å². The van der Waals surface area contributed by atoms with Gasteiger partial charge in [-0.15, -0.1) is 0 Å². The molecule has 0 radical (unpaired) electrons. The molecule has 4 heteroatoms. The number of ether oxygens (including phenoxy) is 1. The van der Waals surface area contributed by atoms with Crippen LogP contribution in [-0.4, -0.2) is 31.6 Å². The summed E-state index contributed by atoms with van der Waals surface area (Å²) in [5, 5.41) is 7.00. The van der Waals surface area contributed by atoms with Crippen molar-refractivity contribution in [2.45, 2.75) is 6.42 Å². The average molecular weight is 134 g/mol. The SMILES string of the molecule is CO.COC(=O)CC=O. The number of aldehydes is 1. The minimum Gasteiger partial charge on any atom is -0.469 e. The zero-order chi connectivity index (χ0) is 7.70. The number of hydrogen-bond donors (Lipinski definition) is 1. The van der Waals surface area contributed by atoms with E-state index in [1.165, 1.54) is 7.11 Å². The molecule has 4 nitrogen and oxygen atoms in total. The number of rotatable bonds is 2. The molecule has 0 spiro atoms. The van der Waals surface area contributed by atoms with E-state index in [0.717, 1.165) is 7.11 Å². The summed E-state index contributed by atoms with van der Waals surface area (Å²) in [6.07, 6.45) is 0.363. The van der Waals surface area contributed by atoms with Crippen molar-refractivity contribution >= 4 is 12.3 Å². The van der Waals surface area contributed by atoms with Gasteiger partial charge in [-0.1, -0.05) is 0 Å². The van der Waals surface area contributed by atoms with Crippen LogP contribution in [-0.2, 0) is 14.3 Å². The Balaban J connectivity index is 0. The van der Waals surface area contributed by atoms with Crippen LogP contribution in [0.2, 0.25) is 0 Å². The maximum absolute atomic E-state index is 9.96. The molecule has 0 aliphatic carbocycles. The second-order valence-corrected chi connectivity index (χ2v) is 0.947. The highest BCUT2D eigenvalue weighted by Gasteiger charge is 1.93. The summed E-state index contributed by atoms with van der Waals surface area (Å²) in [5.74, 6) is -0.491. The van der Waals surface area contributed by atoms with Gasteiger partial charge in [-0.3, -0.25) is 4.79 Å². The zero-order valence-electron chi connectivity index (χ0n) is 5.46. The van der Waals surface area contributed by atoms with Crippen LogP contribution in [0.1, 0.15) is 6.42 Å². The molecule has 0 saturated carbocycles. The Labute approximate surface area is 53.4 Å². The summed E-state index contributed by atoms with van der Waals surface area (Å²) in [6, 6.07) is 0. The van der Waals surface area contributed by atoms with E-state index in [0.29, 0.717) is 6.29 Å². The van der Waals surface area contributed by atoms with E-state index in [9.17, 15) is 9.59 Å². The third kappa shape index (κ3) is 11.0. The monoisotopic (exact) mass is 134 g/mol. The highest BCUT2D eigenvalue weighted by molar-refractivity contribution is 5.83. The molecule has 9 heavy (non-hydrogen) atoms. The van der Waals surface area contributed by atoms with E-state index in [1.54, 1.807) is 0 Å². The molecule has 54 valence electrons. The topological polar surface area (TPSA) is 63.6 Å². The van der Waals surface area contributed by atoms with E-state index >= 15 is 0 Å². The Morgan fingerprint density at radius 2 is 2.11 bits per heavy atom. The summed E-state index contributed by atoms with van der Waals surface area (Å²) in [5.41, 5.74) is 0. The van der Waals surface area contributed by atoms with Crippen LogP contribution in [0.3, 0.4) is 0 Å². The number of carbonyl (C=O) groups excluding carboxylic acids is 2. The van der Waals surface area contributed by atoms with Gasteiger partial charge in [0.2, 0.25) is 0 Å². The molecule has 0 unspecified atom stereocenters. The molecular weight excluding hydrogens is 124 g/mol. The zero-order valence-corrected chi connectivity index (χ0v) is 5.46. The lowest BCUT2D eigenvalue weighted by Gasteiger charge is -1.86. The van der Waals surface area contributed by atoms with Crippen LogP contribution in [0, 0.1) is 0 Å². The number of carbonyl (C=O) groups is 2. The van der Waals surface area contributed by atoms with E-state index in [2.05, 4.69) is 4.74 Å². The molecule has 0 bridgehead atoms. The number of hydrogen-bond acceptors (Lipinski definition) is 4. The second-order valence-electron chi connectivity index (χ2n) is 0.947. The number of methoxy groups -OCH3 is 1. The Morgan fingerprint density at radius 1 is 1.67 bits per heavy atom. The third-order valence-corrected chi connectivity index (χ3v) is 0.478. The fraction of sp³-hybridized carbons (Fsp3) is 0.600. The molecule has 0 fully saturated rings. The highest BCUT2D eigenvalue weighted by atomic mass is 16.5. The van der Waals surface area contributed by atoms with Crippen molar-refractivity contribution in [1.29, 1.82) is 0 Å². The van der Waals surface area contributed by atoms with Crippen LogP contribution in [0.5, 0.6) is 0 Å². The second kappa shape index (κ2) is 10.2. The Hall–Kier alpha value is -0.900. The molecular formula is C5H10O4. The summed E-state index contributed by atoms with van der Waals surface area (Å²) >= 11 is 0. The molecule has 0 aromatic heterocycles. The lowest BCUT2D eigenvalue weighted by atomic mass is 10.5. The van der Waals surface area contributed by atoms with E-state index in [-0.39, 0.29) is 6.42 Å². The van der Waals surface area contributed by atoms with Crippen LogP contribution in [0.25, 0.3) is 0 Å². The first kappa shape index (κ1) is 11.0. The number of aliphatic hydroxyl groups is 1. The van der Waals surface area contributed by atoms with E-state index in [4.69, 9.17) is 5.11 Å². The van der Waals surface area contributed by atoms with Gasteiger partial charge < -0.3 is 14.6 Å². The standard InChI is InChI=1S/C4H6O3.CH4O/c1-7-4(6)2-3-5;1-2/h3H,2H2,1H3;2H,1H3. The molecule has 0 saturated heterocycles. The maximum atomic E-state index is 9.96. The minimum atomic E-state index is -0.491. The van der Waals surface area contributed by atoms with Crippen molar-refractivity contribution in [3.8, 4) is 0 Å².